The lowest BCUT2D eigenvalue weighted by Crippen LogP contribution is -2.13. The lowest BCUT2D eigenvalue weighted by atomic mass is 10.1. The SMILES string of the molecule is O=C(Nc1ccn[nH]1)c1cnc(Cl)c2ccccc12. The van der Waals surface area contributed by atoms with Crippen molar-refractivity contribution in [2.75, 3.05) is 5.32 Å². The van der Waals surface area contributed by atoms with Gasteiger partial charge in [-0.2, -0.15) is 5.10 Å². The second kappa shape index (κ2) is 4.70. The molecule has 0 spiro atoms. The van der Waals surface area contributed by atoms with Gasteiger partial charge < -0.3 is 5.32 Å². The van der Waals surface area contributed by atoms with Crippen molar-refractivity contribution in [2.45, 2.75) is 0 Å². The smallest absolute Gasteiger partial charge is 0.259 e. The summed E-state index contributed by atoms with van der Waals surface area (Å²) in [5, 5.41) is 11.0. The van der Waals surface area contributed by atoms with Crippen LogP contribution in [-0.4, -0.2) is 21.1 Å². The summed E-state index contributed by atoms with van der Waals surface area (Å²) in [5.41, 5.74) is 0.467. The molecule has 5 nitrogen and oxygen atoms in total. The molecule has 2 N–H and O–H groups in total. The Kier molecular flexibility index (Phi) is 2.89. The molecule has 19 heavy (non-hydrogen) atoms. The van der Waals surface area contributed by atoms with Crippen LogP contribution in [0.3, 0.4) is 0 Å². The maximum Gasteiger partial charge on any atom is 0.259 e. The quantitative estimate of drug-likeness (QED) is 0.705. The fraction of sp³-hybridized carbons (Fsp3) is 0. The van der Waals surface area contributed by atoms with Gasteiger partial charge in [-0.25, -0.2) is 4.98 Å². The first-order valence-electron chi connectivity index (χ1n) is 5.59. The van der Waals surface area contributed by atoms with Gasteiger partial charge >= 0.3 is 0 Å². The zero-order valence-corrected chi connectivity index (χ0v) is 10.5. The second-order valence-corrected chi connectivity index (χ2v) is 4.29. The average Bonchev–Trinajstić information content (AvgIpc) is 2.92. The summed E-state index contributed by atoms with van der Waals surface area (Å²) in [5.74, 6) is 0.272. The number of amides is 1. The number of carbonyl (C=O) groups excluding carboxylic acids is 1. The van der Waals surface area contributed by atoms with Crippen molar-refractivity contribution in [3.05, 3.63) is 53.4 Å². The molecule has 0 aliphatic carbocycles. The molecular weight excluding hydrogens is 264 g/mol. The number of hydrogen-bond donors (Lipinski definition) is 2. The molecule has 3 rings (SSSR count). The minimum atomic E-state index is -0.260. The number of rotatable bonds is 2. The summed E-state index contributed by atoms with van der Waals surface area (Å²) in [6, 6.07) is 9.05. The van der Waals surface area contributed by atoms with Crippen LogP contribution in [0, 0.1) is 0 Å². The Hall–Kier alpha value is -2.40. The Morgan fingerprint density at radius 2 is 2.00 bits per heavy atom. The van der Waals surface area contributed by atoms with E-state index in [1.165, 1.54) is 6.20 Å². The van der Waals surface area contributed by atoms with Crippen LogP contribution in [0.4, 0.5) is 5.82 Å². The Balaban J connectivity index is 2.05. The highest BCUT2D eigenvalue weighted by Gasteiger charge is 2.13. The molecule has 2 aromatic heterocycles. The van der Waals surface area contributed by atoms with Crippen molar-refractivity contribution in [1.82, 2.24) is 15.2 Å². The normalized spacial score (nSPS) is 10.6. The lowest BCUT2D eigenvalue weighted by molar-refractivity contribution is 0.102. The van der Waals surface area contributed by atoms with Gasteiger partial charge in [-0.1, -0.05) is 35.9 Å². The van der Waals surface area contributed by atoms with Gasteiger partial charge in [0.25, 0.3) is 5.91 Å². The number of aromatic nitrogens is 3. The van der Waals surface area contributed by atoms with E-state index in [4.69, 9.17) is 11.6 Å². The van der Waals surface area contributed by atoms with E-state index in [0.29, 0.717) is 16.5 Å². The van der Waals surface area contributed by atoms with Gasteiger partial charge in [0, 0.05) is 17.6 Å². The third-order valence-corrected chi connectivity index (χ3v) is 3.04. The molecule has 0 bridgehead atoms. The molecule has 0 atom stereocenters. The highest BCUT2D eigenvalue weighted by Crippen LogP contribution is 2.24. The summed E-state index contributed by atoms with van der Waals surface area (Å²) in [7, 11) is 0. The Bertz CT molecular complexity index is 739. The Morgan fingerprint density at radius 1 is 1.21 bits per heavy atom. The van der Waals surface area contributed by atoms with Crippen LogP contribution >= 0.6 is 11.6 Å². The number of nitrogens with zero attached hydrogens (tertiary/aromatic N) is 2. The van der Waals surface area contributed by atoms with Crippen molar-refractivity contribution in [3.63, 3.8) is 0 Å². The van der Waals surface area contributed by atoms with Gasteiger partial charge in [0.1, 0.15) is 11.0 Å². The summed E-state index contributed by atoms with van der Waals surface area (Å²) >= 11 is 6.02. The topological polar surface area (TPSA) is 70.7 Å². The molecule has 0 unspecified atom stereocenters. The van der Waals surface area contributed by atoms with Crippen molar-refractivity contribution >= 4 is 34.1 Å². The van der Waals surface area contributed by atoms with E-state index < -0.39 is 0 Å². The summed E-state index contributed by atoms with van der Waals surface area (Å²) < 4.78 is 0. The van der Waals surface area contributed by atoms with E-state index in [2.05, 4.69) is 20.5 Å². The van der Waals surface area contributed by atoms with Crippen LogP contribution in [0.1, 0.15) is 10.4 Å². The monoisotopic (exact) mass is 272 g/mol. The lowest BCUT2D eigenvalue weighted by Gasteiger charge is -2.07. The number of benzene rings is 1. The second-order valence-electron chi connectivity index (χ2n) is 3.93. The van der Waals surface area contributed by atoms with E-state index in [-0.39, 0.29) is 5.91 Å². The molecule has 0 fully saturated rings. The number of nitrogens with one attached hydrogen (secondary N) is 2. The van der Waals surface area contributed by atoms with E-state index in [1.807, 2.05) is 24.3 Å². The maximum atomic E-state index is 12.2. The van der Waals surface area contributed by atoms with Crippen LogP contribution in [0.5, 0.6) is 0 Å². The molecule has 1 amide bonds. The van der Waals surface area contributed by atoms with Crippen molar-refractivity contribution < 1.29 is 4.79 Å². The molecule has 0 radical (unpaired) electrons. The van der Waals surface area contributed by atoms with Crippen molar-refractivity contribution in [1.29, 1.82) is 0 Å². The number of anilines is 1. The number of aromatic amines is 1. The standard InChI is InChI=1S/C13H9ClN4O/c14-12-9-4-2-1-3-8(9)10(7-15-12)13(19)17-11-5-6-16-18-11/h1-7H,(H2,16,17,18,19). The first-order chi connectivity index (χ1) is 9.25. The number of hydrogen-bond acceptors (Lipinski definition) is 3. The number of pyridine rings is 1. The fourth-order valence-electron chi connectivity index (χ4n) is 1.85. The fourth-order valence-corrected chi connectivity index (χ4v) is 2.07. The van der Waals surface area contributed by atoms with Crippen LogP contribution in [0.2, 0.25) is 5.15 Å². The van der Waals surface area contributed by atoms with E-state index in [9.17, 15) is 4.79 Å². The highest BCUT2D eigenvalue weighted by atomic mass is 35.5. The predicted molar refractivity (Wildman–Crippen MR) is 73.3 cm³/mol. The number of H-pyrrole nitrogens is 1. The van der Waals surface area contributed by atoms with E-state index in [1.54, 1.807) is 12.3 Å². The van der Waals surface area contributed by atoms with Gasteiger partial charge in [-0.05, 0) is 5.39 Å². The molecule has 94 valence electrons. The number of halogens is 1. The minimum Gasteiger partial charge on any atom is -0.307 e. The number of carbonyl (C=O) groups is 1. The van der Waals surface area contributed by atoms with Crippen molar-refractivity contribution in [3.8, 4) is 0 Å². The van der Waals surface area contributed by atoms with Gasteiger partial charge in [-0.15, -0.1) is 0 Å². The van der Waals surface area contributed by atoms with Gasteiger partial charge in [0.15, 0.2) is 0 Å². The molecule has 0 aliphatic rings. The van der Waals surface area contributed by atoms with Gasteiger partial charge in [0.05, 0.1) is 11.8 Å². The van der Waals surface area contributed by atoms with E-state index in [0.717, 1.165) is 10.8 Å². The molecule has 0 saturated carbocycles. The summed E-state index contributed by atoms with van der Waals surface area (Å²) in [6.45, 7) is 0. The molecule has 0 aliphatic heterocycles. The van der Waals surface area contributed by atoms with E-state index >= 15 is 0 Å². The van der Waals surface area contributed by atoms with Gasteiger partial charge in [-0.3, -0.25) is 9.89 Å². The summed E-state index contributed by atoms with van der Waals surface area (Å²) in [4.78, 5) is 16.2. The molecule has 1 aromatic carbocycles. The zero-order chi connectivity index (χ0) is 13.2. The molecule has 0 saturated heterocycles. The summed E-state index contributed by atoms with van der Waals surface area (Å²) in [6.07, 6.45) is 3.03. The highest BCUT2D eigenvalue weighted by molar-refractivity contribution is 6.35. The Labute approximate surface area is 113 Å². The first kappa shape index (κ1) is 11.7. The maximum absolute atomic E-state index is 12.2. The third kappa shape index (κ3) is 2.15. The molecule has 6 heteroatoms. The first-order valence-corrected chi connectivity index (χ1v) is 5.97. The van der Waals surface area contributed by atoms with Crippen LogP contribution in [0.15, 0.2) is 42.7 Å². The average molecular weight is 273 g/mol. The van der Waals surface area contributed by atoms with Crippen molar-refractivity contribution in [2.24, 2.45) is 0 Å². The van der Waals surface area contributed by atoms with Crippen LogP contribution in [0.25, 0.3) is 10.8 Å². The third-order valence-electron chi connectivity index (χ3n) is 2.74. The number of fused-ring (bicyclic) bond motifs is 1. The van der Waals surface area contributed by atoms with Crippen LogP contribution in [-0.2, 0) is 0 Å². The van der Waals surface area contributed by atoms with Crippen LogP contribution < -0.4 is 5.32 Å². The largest absolute Gasteiger partial charge is 0.307 e. The molecular formula is C13H9ClN4O. The zero-order valence-electron chi connectivity index (χ0n) is 9.72. The minimum absolute atomic E-state index is 0.260. The molecule has 2 heterocycles. The molecule has 3 aromatic rings. The predicted octanol–water partition coefficient (Wildman–Crippen LogP) is 2.86. The van der Waals surface area contributed by atoms with Gasteiger partial charge in [0.2, 0.25) is 0 Å². The Morgan fingerprint density at radius 3 is 2.74 bits per heavy atom.